The molecule has 1 atom stereocenters. The van der Waals surface area contributed by atoms with E-state index in [1.807, 2.05) is 0 Å². The molecule has 6 heteroatoms. The van der Waals surface area contributed by atoms with Gasteiger partial charge >= 0.3 is 6.03 Å². The Bertz CT molecular complexity index is 317. The van der Waals surface area contributed by atoms with Gasteiger partial charge in [-0.05, 0) is 0 Å². The second-order valence-electron chi connectivity index (χ2n) is 2.45. The van der Waals surface area contributed by atoms with E-state index in [9.17, 15) is 9.59 Å². The number of nitrogens with zero attached hydrogens (tertiary/aromatic N) is 1. The van der Waals surface area contributed by atoms with Gasteiger partial charge in [-0.1, -0.05) is 5.92 Å². The zero-order valence-corrected chi connectivity index (χ0v) is 6.70. The first-order valence-corrected chi connectivity index (χ1v) is 3.47. The molecule has 0 radical (unpaired) electrons. The molecule has 0 aliphatic carbocycles. The van der Waals surface area contributed by atoms with Gasteiger partial charge in [0.25, 0.3) is 5.91 Å². The molecule has 1 aliphatic heterocycles. The van der Waals surface area contributed by atoms with Crippen LogP contribution in [0.3, 0.4) is 0 Å². The van der Waals surface area contributed by atoms with Crippen molar-refractivity contribution < 1.29 is 9.59 Å². The van der Waals surface area contributed by atoms with Gasteiger partial charge in [-0.2, -0.15) is 0 Å². The predicted molar refractivity (Wildman–Crippen MR) is 44.8 cm³/mol. The molecule has 3 amide bonds. The Morgan fingerprint density at radius 2 is 2.31 bits per heavy atom. The van der Waals surface area contributed by atoms with Crippen molar-refractivity contribution in [1.82, 2.24) is 10.2 Å². The van der Waals surface area contributed by atoms with E-state index in [1.165, 1.54) is 0 Å². The normalized spacial score (nSPS) is 22.6. The maximum Gasteiger partial charge on any atom is 0.330 e. The number of nitrogens with one attached hydrogen (secondary N) is 2. The van der Waals surface area contributed by atoms with E-state index in [0.29, 0.717) is 0 Å². The highest BCUT2D eigenvalue weighted by Crippen LogP contribution is 2.00. The van der Waals surface area contributed by atoms with Gasteiger partial charge < -0.3 is 5.73 Å². The first-order valence-electron chi connectivity index (χ1n) is 3.47. The van der Waals surface area contributed by atoms with Crippen molar-refractivity contribution in [3.63, 3.8) is 0 Å². The van der Waals surface area contributed by atoms with Gasteiger partial charge in [-0.25, -0.2) is 4.79 Å². The molecular weight excluding hydrogens is 172 g/mol. The Hall–Kier alpha value is -1.87. The topological polar surface area (TPSA) is 99.3 Å². The minimum atomic E-state index is -1.12. The summed E-state index contributed by atoms with van der Waals surface area (Å²) in [6, 6.07) is -1.82. The van der Waals surface area contributed by atoms with Crippen LogP contribution in [0, 0.1) is 17.8 Å². The van der Waals surface area contributed by atoms with Gasteiger partial charge in [0.2, 0.25) is 0 Å². The van der Waals surface area contributed by atoms with Gasteiger partial charge in [0.1, 0.15) is 11.9 Å². The van der Waals surface area contributed by atoms with Crippen LogP contribution in [0.1, 0.15) is 0 Å². The highest BCUT2D eigenvalue weighted by Gasteiger charge is 2.35. The van der Waals surface area contributed by atoms with Crippen molar-refractivity contribution in [1.29, 1.82) is 5.41 Å². The zero-order valence-electron chi connectivity index (χ0n) is 6.70. The Labute approximate surface area is 74.6 Å². The van der Waals surface area contributed by atoms with Gasteiger partial charge in [0.05, 0.1) is 6.54 Å². The summed E-state index contributed by atoms with van der Waals surface area (Å²) >= 11 is 0. The Kier molecular flexibility index (Phi) is 2.30. The number of amides is 3. The summed E-state index contributed by atoms with van der Waals surface area (Å²) in [5.74, 6) is 1.20. The number of rotatable bonds is 1. The first-order chi connectivity index (χ1) is 6.07. The second-order valence-corrected chi connectivity index (χ2v) is 2.45. The zero-order chi connectivity index (χ0) is 10.0. The van der Waals surface area contributed by atoms with Crippen LogP contribution < -0.4 is 11.1 Å². The third kappa shape index (κ3) is 1.50. The fourth-order valence-corrected chi connectivity index (χ4v) is 0.893. The third-order valence-electron chi connectivity index (χ3n) is 1.58. The highest BCUT2D eigenvalue weighted by atomic mass is 16.2. The minimum Gasteiger partial charge on any atom is -0.314 e. The lowest BCUT2D eigenvalue weighted by Crippen LogP contribution is -2.63. The summed E-state index contributed by atoms with van der Waals surface area (Å²) in [5, 5.41) is 9.24. The maximum absolute atomic E-state index is 11.2. The molecule has 68 valence electrons. The average molecular weight is 180 g/mol. The van der Waals surface area contributed by atoms with E-state index >= 15 is 0 Å². The smallest absolute Gasteiger partial charge is 0.314 e. The summed E-state index contributed by atoms with van der Waals surface area (Å²) in [5.41, 5.74) is 5.31. The van der Waals surface area contributed by atoms with Crippen LogP contribution in [0.25, 0.3) is 0 Å². The quantitative estimate of drug-likeness (QED) is 0.427. The summed E-state index contributed by atoms with van der Waals surface area (Å²) < 4.78 is 0. The number of amidine groups is 1. The summed E-state index contributed by atoms with van der Waals surface area (Å²) in [6.45, 7) is -0.133. The number of urea groups is 1. The second kappa shape index (κ2) is 3.25. The van der Waals surface area contributed by atoms with Gasteiger partial charge in [0.15, 0.2) is 0 Å². The SMILES string of the molecule is C#CCN1C(=O)NC(=N)C(N)C1=O. The lowest BCUT2D eigenvalue weighted by Gasteiger charge is -2.28. The molecular formula is C7H8N4O2. The molecule has 0 aromatic rings. The molecule has 1 saturated heterocycles. The minimum absolute atomic E-state index is 0.133. The standard InChI is InChI=1S/C7H8N4O2/c1-2-3-11-6(12)4(8)5(9)10-7(11)13/h1,4H,3,8H2,(H2,9,10,13). The van der Waals surface area contributed by atoms with E-state index in [-0.39, 0.29) is 12.4 Å². The molecule has 0 bridgehead atoms. The van der Waals surface area contributed by atoms with Crippen molar-refractivity contribution >= 4 is 17.8 Å². The largest absolute Gasteiger partial charge is 0.330 e. The predicted octanol–water partition coefficient (Wildman–Crippen LogP) is -1.52. The summed E-state index contributed by atoms with van der Waals surface area (Å²) in [4.78, 5) is 23.1. The van der Waals surface area contributed by atoms with Gasteiger partial charge in [0, 0.05) is 0 Å². The van der Waals surface area contributed by atoms with E-state index in [2.05, 4.69) is 11.2 Å². The molecule has 1 rings (SSSR count). The first kappa shape index (κ1) is 9.22. The van der Waals surface area contributed by atoms with Crippen molar-refractivity contribution in [2.45, 2.75) is 6.04 Å². The lowest BCUT2D eigenvalue weighted by atomic mass is 10.2. The van der Waals surface area contributed by atoms with Crippen LogP contribution in [-0.4, -0.2) is 35.3 Å². The van der Waals surface area contributed by atoms with E-state index < -0.39 is 18.0 Å². The molecule has 4 N–H and O–H groups in total. The lowest BCUT2D eigenvalue weighted by molar-refractivity contribution is -0.128. The number of nitrogens with two attached hydrogens (primary N) is 1. The van der Waals surface area contributed by atoms with Crippen LogP contribution in [0.2, 0.25) is 0 Å². The summed E-state index contributed by atoms with van der Waals surface area (Å²) in [7, 11) is 0. The molecule has 0 aromatic carbocycles. The van der Waals surface area contributed by atoms with Crippen molar-refractivity contribution in [3.8, 4) is 12.3 Å². The number of hydrogen-bond acceptors (Lipinski definition) is 4. The van der Waals surface area contributed by atoms with E-state index in [0.717, 1.165) is 4.90 Å². The highest BCUT2D eigenvalue weighted by molar-refractivity contribution is 6.19. The van der Waals surface area contributed by atoms with Crippen LogP contribution in [0.4, 0.5) is 4.79 Å². The fourth-order valence-electron chi connectivity index (χ4n) is 0.893. The molecule has 0 spiro atoms. The maximum atomic E-state index is 11.2. The Morgan fingerprint density at radius 3 is 2.85 bits per heavy atom. The monoisotopic (exact) mass is 180 g/mol. The van der Waals surface area contributed by atoms with Gasteiger partial charge in [-0.3, -0.25) is 20.4 Å². The molecule has 6 nitrogen and oxygen atoms in total. The van der Waals surface area contributed by atoms with Crippen LogP contribution in [0.15, 0.2) is 0 Å². The van der Waals surface area contributed by atoms with E-state index in [1.54, 1.807) is 0 Å². The molecule has 1 unspecified atom stereocenters. The van der Waals surface area contributed by atoms with Gasteiger partial charge in [-0.15, -0.1) is 6.42 Å². The fraction of sp³-hybridized carbons (Fsp3) is 0.286. The number of imide groups is 1. The number of terminal acetylenes is 1. The molecule has 13 heavy (non-hydrogen) atoms. The third-order valence-corrected chi connectivity index (χ3v) is 1.58. The molecule has 1 aliphatic rings. The van der Waals surface area contributed by atoms with Crippen molar-refractivity contribution in [2.24, 2.45) is 5.73 Å². The van der Waals surface area contributed by atoms with Crippen LogP contribution in [0.5, 0.6) is 0 Å². The van der Waals surface area contributed by atoms with Crippen molar-refractivity contribution in [3.05, 3.63) is 0 Å². The Morgan fingerprint density at radius 1 is 1.69 bits per heavy atom. The van der Waals surface area contributed by atoms with Crippen LogP contribution >= 0.6 is 0 Å². The van der Waals surface area contributed by atoms with E-state index in [4.69, 9.17) is 17.6 Å². The summed E-state index contributed by atoms with van der Waals surface area (Å²) in [6.07, 6.45) is 4.95. The van der Waals surface area contributed by atoms with Crippen LogP contribution in [-0.2, 0) is 4.79 Å². The molecule has 1 fully saturated rings. The van der Waals surface area contributed by atoms with Crippen molar-refractivity contribution in [2.75, 3.05) is 6.54 Å². The number of carbonyl (C=O) groups excluding carboxylic acids is 2. The molecule has 0 aromatic heterocycles. The molecule has 0 saturated carbocycles. The Balaban J connectivity index is 2.87. The number of carbonyl (C=O) groups is 2. The number of hydrogen-bond donors (Lipinski definition) is 3. The molecule has 1 heterocycles. The average Bonchev–Trinajstić information content (AvgIpc) is 2.09.